The van der Waals surface area contributed by atoms with Crippen LogP contribution in [0, 0.1) is 11.8 Å². The van der Waals surface area contributed by atoms with Crippen molar-refractivity contribution >= 4 is 39.5 Å². The molecule has 3 unspecified atom stereocenters. The highest BCUT2D eigenvalue weighted by atomic mass is 31.2. The van der Waals surface area contributed by atoms with Gasteiger partial charge in [-0.15, -0.1) is 0 Å². The molecule has 0 heterocycles. The topological polar surface area (TPSA) is 237 Å². The van der Waals surface area contributed by atoms with E-state index in [1.807, 2.05) is 0 Å². The molecule has 17 nitrogen and oxygen atoms in total. The number of hydrogen-bond acceptors (Lipinski definition) is 15. The van der Waals surface area contributed by atoms with Gasteiger partial charge >= 0.3 is 39.5 Å². The van der Waals surface area contributed by atoms with Gasteiger partial charge in [-0.2, -0.15) is 0 Å². The van der Waals surface area contributed by atoms with Crippen molar-refractivity contribution in [3.05, 3.63) is 0 Å². The van der Waals surface area contributed by atoms with E-state index in [-0.39, 0.29) is 25.7 Å². The summed E-state index contributed by atoms with van der Waals surface area (Å²) in [4.78, 5) is 72.7. The van der Waals surface area contributed by atoms with Crippen LogP contribution in [0.5, 0.6) is 0 Å². The monoisotopic (exact) mass is 1350 g/mol. The largest absolute Gasteiger partial charge is 0.472 e. The van der Waals surface area contributed by atoms with Crippen molar-refractivity contribution in [3.8, 4) is 0 Å². The summed E-state index contributed by atoms with van der Waals surface area (Å²) in [6.45, 7) is 9.59. The predicted molar refractivity (Wildman–Crippen MR) is 372 cm³/mol. The number of aliphatic hydroxyl groups excluding tert-OH is 1. The Morgan fingerprint density at radius 1 is 0.315 bits per heavy atom. The van der Waals surface area contributed by atoms with Crippen LogP contribution in [0.2, 0.25) is 0 Å². The molecule has 0 rings (SSSR count). The average molecular weight is 1350 g/mol. The van der Waals surface area contributed by atoms with E-state index in [9.17, 15) is 43.2 Å². The first kappa shape index (κ1) is 90.1. The summed E-state index contributed by atoms with van der Waals surface area (Å²) in [7, 11) is -9.90. The van der Waals surface area contributed by atoms with Crippen LogP contribution >= 0.6 is 15.6 Å². The van der Waals surface area contributed by atoms with Crippen molar-refractivity contribution in [3.63, 3.8) is 0 Å². The molecule has 0 aliphatic rings. The Kier molecular flexibility index (Phi) is 63.7. The number of aliphatic hydroxyl groups is 1. The van der Waals surface area contributed by atoms with Gasteiger partial charge in [-0.25, -0.2) is 9.13 Å². The first-order valence-corrected chi connectivity index (χ1v) is 41.0. The van der Waals surface area contributed by atoms with Gasteiger partial charge in [0.2, 0.25) is 0 Å². The summed E-state index contributed by atoms with van der Waals surface area (Å²) in [5.74, 6) is -0.545. The van der Waals surface area contributed by atoms with Gasteiger partial charge in [0.15, 0.2) is 12.2 Å². The van der Waals surface area contributed by atoms with Gasteiger partial charge in [0.1, 0.15) is 19.3 Å². The van der Waals surface area contributed by atoms with E-state index in [0.29, 0.717) is 25.7 Å². The van der Waals surface area contributed by atoms with Crippen LogP contribution in [0.25, 0.3) is 0 Å². The molecule has 0 aromatic carbocycles. The van der Waals surface area contributed by atoms with Crippen LogP contribution < -0.4 is 0 Å². The van der Waals surface area contributed by atoms with E-state index in [0.717, 1.165) is 102 Å². The fraction of sp³-hybridized carbons (Fsp3) is 0.945. The van der Waals surface area contributed by atoms with Crippen molar-refractivity contribution in [2.45, 2.75) is 394 Å². The summed E-state index contributed by atoms with van der Waals surface area (Å²) >= 11 is 0. The zero-order valence-corrected chi connectivity index (χ0v) is 61.6. The number of phosphoric acid groups is 2. The van der Waals surface area contributed by atoms with Gasteiger partial charge in [0, 0.05) is 25.7 Å². The van der Waals surface area contributed by atoms with Crippen molar-refractivity contribution in [1.29, 1.82) is 0 Å². The molecular weight excluding hydrogens is 1210 g/mol. The highest BCUT2D eigenvalue weighted by molar-refractivity contribution is 7.47. The fourth-order valence-corrected chi connectivity index (χ4v) is 12.7. The molecule has 0 aliphatic heterocycles. The molecule has 0 bridgehead atoms. The van der Waals surface area contributed by atoms with Gasteiger partial charge in [-0.05, 0) is 37.5 Å². The molecule has 0 aliphatic carbocycles. The maximum Gasteiger partial charge on any atom is 0.472 e. The first-order valence-electron chi connectivity index (χ1n) is 38.0. The SMILES string of the molecule is CCCCCCCCCCCCCCCCCC(=O)O[C@H](COC(=O)CCCCCCCCCCCCCC(C)C)COP(=O)(O)OC[C@@H](O)COP(=O)(O)OC[C@@H](COC(=O)CCCCCCCCCCC)OC(=O)CCCCCCCCCCCCC(C)CC. The lowest BCUT2D eigenvalue weighted by Crippen LogP contribution is -2.30. The Morgan fingerprint density at radius 3 is 0.826 bits per heavy atom. The zero-order valence-electron chi connectivity index (χ0n) is 59.9. The number of phosphoric ester groups is 2. The number of hydrogen-bond donors (Lipinski definition) is 3. The molecular formula is C73H142O17P2. The van der Waals surface area contributed by atoms with Gasteiger partial charge in [-0.3, -0.25) is 37.3 Å². The summed E-state index contributed by atoms with van der Waals surface area (Å²) in [6, 6.07) is 0. The van der Waals surface area contributed by atoms with Crippen LogP contribution in [-0.4, -0.2) is 96.7 Å². The third-order valence-electron chi connectivity index (χ3n) is 17.3. The normalized spacial score (nSPS) is 14.4. The molecule has 0 saturated carbocycles. The molecule has 0 saturated heterocycles. The molecule has 546 valence electrons. The maximum atomic E-state index is 13.1. The maximum absolute atomic E-state index is 13.1. The van der Waals surface area contributed by atoms with E-state index >= 15 is 0 Å². The Bertz CT molecular complexity index is 1790. The highest BCUT2D eigenvalue weighted by Gasteiger charge is 2.30. The minimum Gasteiger partial charge on any atom is -0.462 e. The number of carbonyl (C=O) groups is 4. The molecule has 0 fully saturated rings. The minimum absolute atomic E-state index is 0.106. The minimum atomic E-state index is -4.95. The standard InChI is InChI=1S/C73H142O17P2/c1-7-10-12-14-16-18-19-20-21-22-25-33-39-45-51-57-72(77)89-69(62-84-71(76)56-50-44-38-32-26-23-24-30-35-41-47-53-65(4)5)64-88-92(81,82)86-60-67(74)59-85-91(79,80)87-63-68(61-83-70(75)55-49-43-37-29-17-15-13-11-8-2)90-73(78)58-52-46-40-34-28-27-31-36-42-48-54-66(6)9-3/h65-69,74H,7-64H2,1-6H3,(H,79,80)(H,81,82)/t66?,67-,68+,69+/m0/s1. The third kappa shape index (κ3) is 65.4. The molecule has 6 atom stereocenters. The Hall–Kier alpha value is -1.94. The molecule has 19 heteroatoms. The molecule has 0 aromatic rings. The number of esters is 4. The average Bonchev–Trinajstić information content (AvgIpc) is 2.31. The lowest BCUT2D eigenvalue weighted by molar-refractivity contribution is -0.161. The second-order valence-electron chi connectivity index (χ2n) is 27.1. The van der Waals surface area contributed by atoms with Crippen LogP contribution in [0.15, 0.2) is 0 Å². The van der Waals surface area contributed by atoms with Crippen LogP contribution in [0.4, 0.5) is 0 Å². The number of unbranched alkanes of at least 4 members (excludes halogenated alkanes) is 41. The second-order valence-corrected chi connectivity index (χ2v) is 30.0. The van der Waals surface area contributed by atoms with Gasteiger partial charge in [0.05, 0.1) is 26.4 Å². The molecule has 3 N–H and O–H groups in total. The first-order chi connectivity index (χ1) is 44.4. The van der Waals surface area contributed by atoms with Crippen molar-refractivity contribution < 1.29 is 80.2 Å². The smallest absolute Gasteiger partial charge is 0.462 e. The zero-order chi connectivity index (χ0) is 67.9. The number of carbonyl (C=O) groups excluding carboxylic acids is 4. The summed E-state index contributed by atoms with van der Waals surface area (Å²) in [6.07, 6.45) is 51.1. The summed E-state index contributed by atoms with van der Waals surface area (Å²) in [5.41, 5.74) is 0. The van der Waals surface area contributed by atoms with Crippen LogP contribution in [-0.2, 0) is 65.4 Å². The Morgan fingerprint density at radius 2 is 0.554 bits per heavy atom. The van der Waals surface area contributed by atoms with Gasteiger partial charge in [-0.1, -0.05) is 324 Å². The van der Waals surface area contributed by atoms with Crippen LogP contribution in [0.3, 0.4) is 0 Å². The summed E-state index contributed by atoms with van der Waals surface area (Å²) < 4.78 is 68.4. The lowest BCUT2D eigenvalue weighted by Gasteiger charge is -2.21. The summed E-state index contributed by atoms with van der Waals surface area (Å²) in [5, 5.41) is 10.6. The quantitative estimate of drug-likeness (QED) is 0.0222. The molecule has 0 amide bonds. The van der Waals surface area contributed by atoms with E-state index in [1.165, 1.54) is 193 Å². The highest BCUT2D eigenvalue weighted by Crippen LogP contribution is 2.45. The fourth-order valence-electron chi connectivity index (χ4n) is 11.1. The lowest BCUT2D eigenvalue weighted by atomic mass is 9.99. The van der Waals surface area contributed by atoms with Gasteiger partial charge < -0.3 is 33.8 Å². The molecule has 0 spiro atoms. The molecule has 92 heavy (non-hydrogen) atoms. The molecule has 0 radical (unpaired) electrons. The van der Waals surface area contributed by atoms with Crippen molar-refractivity contribution in [2.75, 3.05) is 39.6 Å². The Balaban J connectivity index is 5.25. The molecule has 0 aromatic heterocycles. The van der Waals surface area contributed by atoms with Crippen molar-refractivity contribution in [1.82, 2.24) is 0 Å². The predicted octanol–water partition coefficient (Wildman–Crippen LogP) is 21.2. The van der Waals surface area contributed by atoms with E-state index in [2.05, 4.69) is 41.5 Å². The van der Waals surface area contributed by atoms with E-state index in [1.54, 1.807) is 0 Å². The van der Waals surface area contributed by atoms with E-state index in [4.69, 9.17) is 37.0 Å². The third-order valence-corrected chi connectivity index (χ3v) is 19.2. The van der Waals surface area contributed by atoms with Crippen LogP contribution in [0.1, 0.15) is 375 Å². The van der Waals surface area contributed by atoms with Gasteiger partial charge in [0.25, 0.3) is 0 Å². The second kappa shape index (κ2) is 65.0. The van der Waals surface area contributed by atoms with E-state index < -0.39 is 97.5 Å². The number of rotatable bonds is 72. The number of ether oxygens (including phenoxy) is 4. The Labute approximate surface area is 562 Å². The van der Waals surface area contributed by atoms with Crippen molar-refractivity contribution in [2.24, 2.45) is 11.8 Å².